The largest absolute Gasteiger partial charge is 0.484 e. The molecule has 3 heterocycles. The van der Waals surface area contributed by atoms with Crippen LogP contribution in [0.4, 0.5) is 5.69 Å². The van der Waals surface area contributed by atoms with E-state index in [1.165, 1.54) is 27.6 Å². The van der Waals surface area contributed by atoms with E-state index in [0.29, 0.717) is 31.2 Å². The molecule has 9 nitrogen and oxygen atoms in total. The number of nitrogens with one attached hydrogen (secondary N) is 2. The second kappa shape index (κ2) is 12.7. The van der Waals surface area contributed by atoms with E-state index in [2.05, 4.69) is 20.5 Å². The lowest BCUT2D eigenvalue weighted by Crippen LogP contribution is -2.27. The first-order valence-electron chi connectivity index (χ1n) is 11.2. The van der Waals surface area contributed by atoms with Crippen molar-refractivity contribution < 1.29 is 19.1 Å². The number of benzene rings is 1. The van der Waals surface area contributed by atoms with E-state index >= 15 is 0 Å². The first-order chi connectivity index (χ1) is 17.2. The van der Waals surface area contributed by atoms with Crippen molar-refractivity contribution in [1.82, 2.24) is 20.1 Å². The molecule has 4 rings (SSSR count). The molecular formula is C24H27Cl2N5O4S2. The van der Waals surface area contributed by atoms with E-state index in [1.807, 2.05) is 7.05 Å². The Morgan fingerprint density at radius 3 is 2.65 bits per heavy atom. The fraction of sp³-hybridized carbons (Fsp3) is 0.333. The summed E-state index contributed by atoms with van der Waals surface area (Å²) in [5.41, 5.74) is 2.10. The van der Waals surface area contributed by atoms with Crippen LogP contribution in [0.3, 0.4) is 0 Å². The zero-order valence-corrected chi connectivity index (χ0v) is 23.7. The van der Waals surface area contributed by atoms with E-state index in [-0.39, 0.29) is 43.3 Å². The monoisotopic (exact) mass is 583 g/mol. The third-order valence-corrected chi connectivity index (χ3v) is 7.85. The highest BCUT2D eigenvalue weighted by molar-refractivity contribution is 7.18. The van der Waals surface area contributed by atoms with Crippen molar-refractivity contribution in [3.8, 4) is 5.75 Å². The lowest BCUT2D eigenvalue weighted by molar-refractivity contribution is -0.130. The number of carbonyl (C=O) groups excluding carboxylic acids is 3. The van der Waals surface area contributed by atoms with Crippen LogP contribution in [-0.2, 0) is 24.3 Å². The number of anilines is 1. The summed E-state index contributed by atoms with van der Waals surface area (Å²) in [6.45, 7) is 1.71. The SMILES string of the molecule is CN1CCc2nc(C(=O)Nc3cc(OCC(=O)N(C)C)ccc3CNC(=O)c3ccc(Cl)s3)sc2C1.Cl. The van der Waals surface area contributed by atoms with Crippen molar-refractivity contribution >= 4 is 70.1 Å². The lowest BCUT2D eigenvalue weighted by Gasteiger charge is -2.20. The second-order valence-corrected chi connectivity index (χ2v) is 11.3. The Labute approximate surface area is 234 Å². The molecule has 1 aliphatic heterocycles. The average Bonchev–Trinajstić information content (AvgIpc) is 3.47. The number of ether oxygens (including phenoxy) is 1. The number of likely N-dealkylation sites (N-methyl/N-ethyl adjacent to an activating group) is 2. The number of rotatable bonds is 8. The Kier molecular flexibility index (Phi) is 9.91. The van der Waals surface area contributed by atoms with Gasteiger partial charge >= 0.3 is 0 Å². The van der Waals surface area contributed by atoms with Crippen LogP contribution in [0.15, 0.2) is 30.3 Å². The molecule has 2 aromatic heterocycles. The van der Waals surface area contributed by atoms with Gasteiger partial charge in [-0.3, -0.25) is 14.4 Å². The van der Waals surface area contributed by atoms with Crippen LogP contribution in [-0.4, -0.2) is 66.8 Å². The highest BCUT2D eigenvalue weighted by Gasteiger charge is 2.22. The molecule has 0 atom stereocenters. The van der Waals surface area contributed by atoms with Crippen LogP contribution in [0.2, 0.25) is 4.34 Å². The zero-order valence-electron chi connectivity index (χ0n) is 20.5. The first kappa shape index (κ1) is 28.9. The minimum absolute atomic E-state index is 0. The van der Waals surface area contributed by atoms with Crippen LogP contribution in [0.5, 0.6) is 5.75 Å². The van der Waals surface area contributed by atoms with E-state index in [4.69, 9.17) is 16.3 Å². The number of hydrogen-bond donors (Lipinski definition) is 2. The normalized spacial score (nSPS) is 12.8. The molecule has 0 spiro atoms. The highest BCUT2D eigenvalue weighted by atomic mass is 35.5. The van der Waals surface area contributed by atoms with Gasteiger partial charge in [0.15, 0.2) is 11.6 Å². The van der Waals surface area contributed by atoms with Crippen LogP contribution in [0.25, 0.3) is 0 Å². The third-order valence-electron chi connectivity index (χ3n) is 5.54. The highest BCUT2D eigenvalue weighted by Crippen LogP contribution is 2.28. The van der Waals surface area contributed by atoms with Gasteiger partial charge < -0.3 is 25.2 Å². The molecule has 13 heteroatoms. The maximum Gasteiger partial charge on any atom is 0.284 e. The van der Waals surface area contributed by atoms with Crippen LogP contribution in [0, 0.1) is 0 Å². The second-order valence-electron chi connectivity index (χ2n) is 8.51. The van der Waals surface area contributed by atoms with Crippen molar-refractivity contribution in [1.29, 1.82) is 0 Å². The van der Waals surface area contributed by atoms with Crippen LogP contribution < -0.4 is 15.4 Å². The molecule has 2 N–H and O–H groups in total. The summed E-state index contributed by atoms with van der Waals surface area (Å²) in [6.07, 6.45) is 0.808. The topological polar surface area (TPSA) is 104 Å². The van der Waals surface area contributed by atoms with E-state index in [1.54, 1.807) is 44.4 Å². The minimum atomic E-state index is -0.337. The third kappa shape index (κ3) is 7.42. The molecule has 3 amide bonds. The number of halogens is 2. The number of thiazole rings is 1. The molecule has 1 aromatic carbocycles. The molecule has 3 aromatic rings. The van der Waals surface area contributed by atoms with Crippen molar-refractivity contribution in [2.45, 2.75) is 19.5 Å². The number of fused-ring (bicyclic) bond motifs is 1. The van der Waals surface area contributed by atoms with Crippen molar-refractivity contribution in [3.63, 3.8) is 0 Å². The van der Waals surface area contributed by atoms with Crippen molar-refractivity contribution in [2.75, 3.05) is 39.6 Å². The molecule has 37 heavy (non-hydrogen) atoms. The molecular weight excluding hydrogens is 557 g/mol. The smallest absolute Gasteiger partial charge is 0.284 e. The van der Waals surface area contributed by atoms with Crippen LogP contribution in [0.1, 0.15) is 35.6 Å². The number of nitrogens with zero attached hydrogens (tertiary/aromatic N) is 3. The van der Waals surface area contributed by atoms with Gasteiger partial charge in [0.1, 0.15) is 5.75 Å². The zero-order chi connectivity index (χ0) is 25.8. The number of carbonyl (C=O) groups is 3. The van der Waals surface area contributed by atoms with Gasteiger partial charge in [-0.25, -0.2) is 4.98 Å². The Morgan fingerprint density at radius 1 is 1.16 bits per heavy atom. The Morgan fingerprint density at radius 2 is 1.95 bits per heavy atom. The summed E-state index contributed by atoms with van der Waals surface area (Å²) in [7, 11) is 5.34. The molecule has 1 aliphatic rings. The Bertz CT molecular complexity index is 1290. The van der Waals surface area contributed by atoms with Gasteiger partial charge in [0.2, 0.25) is 0 Å². The summed E-state index contributed by atoms with van der Waals surface area (Å²) in [6, 6.07) is 8.41. The molecule has 0 unspecified atom stereocenters. The molecule has 0 saturated heterocycles. The maximum absolute atomic E-state index is 13.1. The molecule has 0 radical (unpaired) electrons. The molecule has 0 bridgehead atoms. The quantitative estimate of drug-likeness (QED) is 0.416. The van der Waals surface area contributed by atoms with Gasteiger partial charge in [-0.05, 0) is 30.8 Å². The van der Waals surface area contributed by atoms with Crippen molar-refractivity contribution in [2.24, 2.45) is 0 Å². The summed E-state index contributed by atoms with van der Waals surface area (Å²) in [5.74, 6) is -0.375. The Hall–Kier alpha value is -2.70. The molecule has 198 valence electrons. The summed E-state index contributed by atoms with van der Waals surface area (Å²) >= 11 is 8.51. The fourth-order valence-electron chi connectivity index (χ4n) is 3.49. The van der Waals surface area contributed by atoms with Crippen molar-refractivity contribution in [3.05, 3.63) is 60.7 Å². The number of aromatic nitrogens is 1. The first-order valence-corrected chi connectivity index (χ1v) is 13.2. The summed E-state index contributed by atoms with van der Waals surface area (Å²) in [4.78, 5) is 47.3. The molecule has 0 aliphatic carbocycles. The molecule has 0 saturated carbocycles. The number of thiophene rings is 1. The van der Waals surface area contributed by atoms with E-state index < -0.39 is 0 Å². The van der Waals surface area contributed by atoms with Gasteiger partial charge in [-0.15, -0.1) is 35.1 Å². The minimum Gasteiger partial charge on any atom is -0.484 e. The van der Waals surface area contributed by atoms with Gasteiger partial charge in [0.25, 0.3) is 17.7 Å². The Balaban J connectivity index is 0.00000380. The summed E-state index contributed by atoms with van der Waals surface area (Å²) in [5, 5.41) is 6.15. The predicted octanol–water partition coefficient (Wildman–Crippen LogP) is 3.92. The standard InChI is InChI=1S/C24H26ClN5O4S2.ClH/c1-29(2)21(31)13-34-15-5-4-14(11-26-22(32)18-6-7-20(25)35-18)17(10-15)27-23(33)24-28-16-8-9-30(3)12-19(16)36-24;/h4-7,10H,8-9,11-13H2,1-3H3,(H,26,32)(H,27,33);1H. The predicted molar refractivity (Wildman–Crippen MR) is 148 cm³/mol. The summed E-state index contributed by atoms with van der Waals surface area (Å²) < 4.78 is 6.15. The van der Waals surface area contributed by atoms with Crippen LogP contribution >= 0.6 is 46.7 Å². The fourth-order valence-corrected chi connectivity index (χ4v) is 5.53. The average molecular weight is 585 g/mol. The van der Waals surface area contributed by atoms with Gasteiger partial charge in [0.05, 0.1) is 14.9 Å². The molecule has 0 fully saturated rings. The maximum atomic E-state index is 13.1. The lowest BCUT2D eigenvalue weighted by atomic mass is 10.1. The van der Waals surface area contributed by atoms with E-state index in [0.717, 1.165) is 30.1 Å². The van der Waals surface area contributed by atoms with Gasteiger partial charge in [-0.2, -0.15) is 0 Å². The van der Waals surface area contributed by atoms with E-state index in [9.17, 15) is 14.4 Å². The number of hydrogen-bond acceptors (Lipinski definition) is 8. The van der Waals surface area contributed by atoms with Gasteiger partial charge in [0, 0.05) is 56.8 Å². The van der Waals surface area contributed by atoms with Gasteiger partial charge in [-0.1, -0.05) is 17.7 Å². The number of amides is 3.